The lowest BCUT2D eigenvalue weighted by molar-refractivity contribution is -0.126. The van der Waals surface area contributed by atoms with Crippen molar-refractivity contribution in [1.82, 2.24) is 4.98 Å². The molecule has 120 valence electrons. The number of ether oxygens (including phenoxy) is 2. The number of nitrogens with zero attached hydrogens (tertiary/aromatic N) is 1. The average molecular weight is 386 g/mol. The molecule has 6 heteroatoms. The highest BCUT2D eigenvalue weighted by atomic mass is 79.9. The van der Waals surface area contributed by atoms with E-state index in [0.29, 0.717) is 12.4 Å². The quantitative estimate of drug-likeness (QED) is 0.704. The number of aromatic nitrogens is 1. The Bertz CT molecular complexity index is 623. The van der Waals surface area contributed by atoms with E-state index >= 15 is 0 Å². The van der Waals surface area contributed by atoms with Crippen LogP contribution in [0.25, 0.3) is 10.2 Å². The lowest BCUT2D eigenvalue weighted by Crippen LogP contribution is -2.03. The number of hydrogen-bond acceptors (Lipinski definition) is 5. The number of halogens is 1. The Morgan fingerprint density at radius 2 is 1.95 bits per heavy atom. The molecule has 0 saturated heterocycles. The average Bonchev–Trinajstić information content (AvgIpc) is 2.97. The minimum absolute atomic E-state index is 0.375. The maximum atomic E-state index is 8.95. The molecular weight excluding hydrogens is 366 g/mol. The van der Waals surface area contributed by atoms with E-state index in [0.717, 1.165) is 15.7 Å². The molecule has 3 rings (SSSR count). The molecule has 1 heterocycles. The van der Waals surface area contributed by atoms with Gasteiger partial charge in [0.15, 0.2) is 0 Å². The van der Waals surface area contributed by atoms with E-state index in [1.165, 1.54) is 48.9 Å². The molecule has 2 aromatic rings. The number of thiazole rings is 1. The zero-order valence-electron chi connectivity index (χ0n) is 12.8. The highest BCUT2D eigenvalue weighted by molar-refractivity contribution is 9.10. The van der Waals surface area contributed by atoms with Gasteiger partial charge in [0.1, 0.15) is 5.75 Å². The third-order valence-electron chi connectivity index (χ3n) is 3.73. The van der Waals surface area contributed by atoms with Crippen LogP contribution in [0, 0.1) is 0 Å². The molecule has 0 N–H and O–H groups in total. The fraction of sp³-hybridized carbons (Fsp3) is 0.500. The molecule has 0 bridgehead atoms. The van der Waals surface area contributed by atoms with Gasteiger partial charge < -0.3 is 9.47 Å². The Morgan fingerprint density at radius 3 is 2.55 bits per heavy atom. The van der Waals surface area contributed by atoms with Crippen LogP contribution in [0.5, 0.6) is 5.75 Å². The summed E-state index contributed by atoms with van der Waals surface area (Å²) >= 11 is 5.38. The summed E-state index contributed by atoms with van der Waals surface area (Å²) in [6, 6.07) is 4.15. The molecule has 1 aliphatic carbocycles. The monoisotopic (exact) mass is 385 g/mol. The summed E-state index contributed by atoms with van der Waals surface area (Å²) in [4.78, 5) is 13.8. The molecule has 0 radical (unpaired) electrons. The minimum atomic E-state index is 0.375. The van der Waals surface area contributed by atoms with E-state index < -0.39 is 0 Å². The topological polar surface area (TPSA) is 48.4 Å². The number of rotatable bonds is 3. The van der Waals surface area contributed by atoms with Crippen LogP contribution in [0.1, 0.15) is 43.0 Å². The standard InChI is InChI=1S/C14H16BrNOS.C2H4O2/c1-17-12-8-11-13(7-10(12)15)18-14(16-11)9-5-3-2-4-6-9;1-4-2-3/h7-9H,2-6H2,1H3;2H,1H3. The smallest absolute Gasteiger partial charge is 0.292 e. The Labute approximate surface area is 143 Å². The molecule has 22 heavy (non-hydrogen) atoms. The summed E-state index contributed by atoms with van der Waals surface area (Å²) in [5.74, 6) is 1.55. The van der Waals surface area contributed by atoms with Gasteiger partial charge in [0.2, 0.25) is 0 Å². The normalized spacial score (nSPS) is 15.0. The highest BCUT2D eigenvalue weighted by Gasteiger charge is 2.19. The summed E-state index contributed by atoms with van der Waals surface area (Å²) in [5, 5.41) is 1.31. The third-order valence-corrected chi connectivity index (χ3v) is 5.53. The van der Waals surface area contributed by atoms with E-state index in [-0.39, 0.29) is 0 Å². The van der Waals surface area contributed by atoms with E-state index in [1.807, 2.05) is 17.4 Å². The van der Waals surface area contributed by atoms with Crippen molar-refractivity contribution in [2.75, 3.05) is 14.2 Å². The van der Waals surface area contributed by atoms with Crippen LogP contribution in [0.15, 0.2) is 16.6 Å². The van der Waals surface area contributed by atoms with Gasteiger partial charge in [-0.15, -0.1) is 11.3 Å². The van der Waals surface area contributed by atoms with E-state index in [9.17, 15) is 0 Å². The molecule has 1 fully saturated rings. The molecule has 0 aliphatic heterocycles. The van der Waals surface area contributed by atoms with Gasteiger partial charge in [-0.05, 0) is 34.8 Å². The van der Waals surface area contributed by atoms with Crippen molar-refractivity contribution < 1.29 is 14.3 Å². The van der Waals surface area contributed by atoms with Gasteiger partial charge in [0.05, 0.1) is 33.9 Å². The molecule has 0 atom stereocenters. The maximum absolute atomic E-state index is 8.95. The Kier molecular flexibility index (Phi) is 6.64. The van der Waals surface area contributed by atoms with E-state index in [4.69, 9.17) is 14.5 Å². The van der Waals surface area contributed by atoms with Gasteiger partial charge >= 0.3 is 0 Å². The van der Waals surface area contributed by atoms with Crippen molar-refractivity contribution in [3.05, 3.63) is 21.6 Å². The number of hydrogen-bond donors (Lipinski definition) is 0. The lowest BCUT2D eigenvalue weighted by Gasteiger charge is -2.18. The second kappa shape index (κ2) is 8.48. The third kappa shape index (κ3) is 4.20. The molecule has 0 amide bonds. The van der Waals surface area contributed by atoms with Gasteiger partial charge in [-0.25, -0.2) is 4.98 Å². The molecule has 4 nitrogen and oxygen atoms in total. The summed E-state index contributed by atoms with van der Waals surface area (Å²) in [7, 11) is 3.01. The van der Waals surface area contributed by atoms with Gasteiger partial charge in [-0.2, -0.15) is 0 Å². The van der Waals surface area contributed by atoms with Crippen molar-refractivity contribution in [2.24, 2.45) is 0 Å². The van der Waals surface area contributed by atoms with E-state index in [1.54, 1.807) is 7.11 Å². The molecule has 1 aliphatic rings. The summed E-state index contributed by atoms with van der Waals surface area (Å²) < 4.78 is 11.5. The molecule has 1 saturated carbocycles. The first-order valence-corrected chi connectivity index (χ1v) is 8.91. The fourth-order valence-corrected chi connectivity index (χ4v) is 4.44. The van der Waals surface area contributed by atoms with Crippen molar-refractivity contribution in [3.63, 3.8) is 0 Å². The van der Waals surface area contributed by atoms with Crippen LogP contribution >= 0.6 is 27.3 Å². The molecule has 1 aromatic heterocycles. The predicted octanol–water partition coefficient (Wildman–Crippen LogP) is 4.90. The van der Waals surface area contributed by atoms with Gasteiger partial charge in [0.25, 0.3) is 6.47 Å². The van der Waals surface area contributed by atoms with E-state index in [2.05, 4.69) is 26.7 Å². The van der Waals surface area contributed by atoms with Crippen LogP contribution in [-0.4, -0.2) is 25.7 Å². The van der Waals surface area contributed by atoms with Gasteiger partial charge in [0, 0.05) is 12.0 Å². The van der Waals surface area contributed by atoms with Crippen LogP contribution in [-0.2, 0) is 9.53 Å². The second-order valence-corrected chi connectivity index (χ2v) is 7.09. The van der Waals surface area contributed by atoms with Crippen molar-refractivity contribution >= 4 is 44.0 Å². The number of benzene rings is 1. The highest BCUT2D eigenvalue weighted by Crippen LogP contribution is 2.39. The van der Waals surface area contributed by atoms with Crippen molar-refractivity contribution in [2.45, 2.75) is 38.0 Å². The molecule has 1 aromatic carbocycles. The first-order valence-electron chi connectivity index (χ1n) is 7.30. The number of carbonyl (C=O) groups is 1. The van der Waals surface area contributed by atoms with Crippen molar-refractivity contribution in [1.29, 1.82) is 0 Å². The summed E-state index contributed by atoms with van der Waals surface area (Å²) in [6.07, 6.45) is 6.71. The summed E-state index contributed by atoms with van der Waals surface area (Å²) in [5.41, 5.74) is 1.07. The first kappa shape index (κ1) is 17.2. The zero-order chi connectivity index (χ0) is 15.9. The largest absolute Gasteiger partial charge is 0.495 e. The number of fused-ring (bicyclic) bond motifs is 1. The van der Waals surface area contributed by atoms with Crippen molar-refractivity contribution in [3.8, 4) is 5.75 Å². The Balaban J connectivity index is 0.000000396. The maximum Gasteiger partial charge on any atom is 0.292 e. The van der Waals surface area contributed by atoms with Crippen LogP contribution < -0.4 is 4.74 Å². The zero-order valence-corrected chi connectivity index (χ0v) is 15.2. The molecule has 0 unspecified atom stereocenters. The second-order valence-electron chi connectivity index (χ2n) is 5.17. The first-order chi connectivity index (χ1) is 10.7. The predicted molar refractivity (Wildman–Crippen MR) is 92.8 cm³/mol. The lowest BCUT2D eigenvalue weighted by atomic mass is 9.90. The SMILES string of the molecule is COC=O.COc1cc2nc(C3CCCCC3)sc2cc1Br. The summed E-state index contributed by atoms with van der Waals surface area (Å²) in [6.45, 7) is 0.375. The Morgan fingerprint density at radius 1 is 1.27 bits per heavy atom. The fourth-order valence-electron chi connectivity index (χ4n) is 2.63. The minimum Gasteiger partial charge on any atom is -0.495 e. The number of carbonyl (C=O) groups excluding carboxylic acids is 1. The number of methoxy groups -OCH3 is 2. The van der Waals surface area contributed by atoms with Crippen LogP contribution in [0.4, 0.5) is 0 Å². The molecular formula is C16H20BrNO3S. The molecule has 0 spiro atoms. The van der Waals surface area contributed by atoms with Gasteiger partial charge in [-0.1, -0.05) is 19.3 Å². The van der Waals surface area contributed by atoms with Gasteiger partial charge in [-0.3, -0.25) is 4.79 Å². The van der Waals surface area contributed by atoms with Crippen LogP contribution in [0.3, 0.4) is 0 Å². The Hall–Kier alpha value is -1.14. The van der Waals surface area contributed by atoms with Crippen LogP contribution in [0.2, 0.25) is 0 Å².